The zero-order valence-electron chi connectivity index (χ0n) is 31.2. The molecule has 8 rings (SSSR count). The summed E-state index contributed by atoms with van der Waals surface area (Å²) >= 11 is 0. The Bertz CT molecular complexity index is 2270. The number of nitrogens with two attached hydrogens (primary N) is 1. The van der Waals surface area contributed by atoms with Crippen LogP contribution in [0.1, 0.15) is 42.5 Å². The molecular weight excluding hydrogens is 681 g/mol. The van der Waals surface area contributed by atoms with E-state index < -0.39 is 0 Å². The topological polar surface area (TPSA) is 153 Å². The first-order valence-electron chi connectivity index (χ1n) is 19.0. The SMILES string of the molecule is Cc1cnc2ccc(=O)n(CCN3CCC(N)CC3)c2c1.Cc1cnc2ccc(=O)n(CCN3CCC(NCc4cncc(-c5ccco5)n4)CC3)c2c1. The molecule has 0 saturated carbocycles. The van der Waals surface area contributed by atoms with Crippen molar-refractivity contribution >= 4 is 22.1 Å². The van der Waals surface area contributed by atoms with Gasteiger partial charge in [-0.3, -0.25) is 24.5 Å². The third-order valence-electron chi connectivity index (χ3n) is 10.5. The summed E-state index contributed by atoms with van der Waals surface area (Å²) in [5.74, 6) is 0.730. The molecule has 0 aliphatic carbocycles. The molecule has 2 fully saturated rings. The Kier molecular flexibility index (Phi) is 12.0. The van der Waals surface area contributed by atoms with Crippen LogP contribution >= 0.6 is 0 Å². The number of aryl methyl sites for hydroxylation is 2. The number of nitrogens with zero attached hydrogens (tertiary/aromatic N) is 8. The number of fused-ring (bicyclic) bond motifs is 2. The Morgan fingerprint density at radius 1 is 0.741 bits per heavy atom. The Hall–Kier alpha value is -5.08. The highest BCUT2D eigenvalue weighted by Crippen LogP contribution is 2.18. The summed E-state index contributed by atoms with van der Waals surface area (Å²) in [6.45, 7) is 11.9. The molecule has 6 aromatic rings. The lowest BCUT2D eigenvalue weighted by atomic mass is 10.0. The second-order valence-corrected chi connectivity index (χ2v) is 14.5. The zero-order chi connectivity index (χ0) is 37.4. The summed E-state index contributed by atoms with van der Waals surface area (Å²) in [5.41, 5.74) is 13.4. The highest BCUT2D eigenvalue weighted by molar-refractivity contribution is 5.75. The van der Waals surface area contributed by atoms with E-state index in [4.69, 9.17) is 10.2 Å². The molecule has 2 aliphatic heterocycles. The second-order valence-electron chi connectivity index (χ2n) is 14.5. The van der Waals surface area contributed by atoms with Crippen molar-refractivity contribution in [3.63, 3.8) is 0 Å². The van der Waals surface area contributed by atoms with Gasteiger partial charge in [0.05, 0.1) is 40.2 Å². The first-order valence-corrected chi connectivity index (χ1v) is 19.0. The van der Waals surface area contributed by atoms with Gasteiger partial charge >= 0.3 is 0 Å². The van der Waals surface area contributed by atoms with E-state index in [1.54, 1.807) is 42.9 Å². The number of rotatable bonds is 10. The van der Waals surface area contributed by atoms with Gasteiger partial charge in [0.1, 0.15) is 5.69 Å². The Labute approximate surface area is 314 Å². The standard InChI is InChI=1S/C25H28N6O2.C16H22N4O/c1-18-13-23-21(28-14-18)4-5-25(32)31(23)11-10-30-8-6-19(7-9-30)27-16-20-15-26-17-22(29-20)24-3-2-12-33-24;1-12-10-15-14(18-11-12)2-3-16(21)20(15)9-8-19-6-4-13(17)5-7-19/h2-5,12-15,17,19,27H,6-11,16H2,1H3;2-3,10-11,13H,4-9,17H2,1H3. The third-order valence-corrected chi connectivity index (χ3v) is 10.5. The minimum Gasteiger partial charge on any atom is -0.463 e. The molecule has 3 N–H and O–H groups in total. The van der Waals surface area contributed by atoms with Crippen LogP contribution in [-0.4, -0.2) is 90.2 Å². The van der Waals surface area contributed by atoms with Gasteiger partial charge < -0.3 is 34.4 Å². The number of hydrogen-bond donors (Lipinski definition) is 2. The molecule has 6 aromatic heterocycles. The highest BCUT2D eigenvalue weighted by atomic mass is 16.3. The largest absolute Gasteiger partial charge is 0.463 e. The van der Waals surface area contributed by atoms with Gasteiger partial charge in [-0.25, -0.2) is 4.98 Å². The number of piperidine rings is 2. The number of furan rings is 1. The number of likely N-dealkylation sites (tertiary alicyclic amines) is 2. The van der Waals surface area contributed by atoms with E-state index in [1.807, 2.05) is 59.6 Å². The minimum atomic E-state index is 0.0318. The molecule has 2 aliphatic rings. The predicted molar refractivity (Wildman–Crippen MR) is 211 cm³/mol. The summed E-state index contributed by atoms with van der Waals surface area (Å²) in [5, 5.41) is 3.62. The molecule has 13 nitrogen and oxygen atoms in total. The van der Waals surface area contributed by atoms with Crippen LogP contribution in [0.5, 0.6) is 0 Å². The summed E-state index contributed by atoms with van der Waals surface area (Å²) in [6, 6.07) is 15.4. The van der Waals surface area contributed by atoms with Crippen LogP contribution in [-0.2, 0) is 19.6 Å². The van der Waals surface area contributed by atoms with E-state index in [-0.39, 0.29) is 11.1 Å². The van der Waals surface area contributed by atoms with E-state index >= 15 is 0 Å². The van der Waals surface area contributed by atoms with E-state index in [9.17, 15) is 9.59 Å². The third kappa shape index (κ3) is 9.34. The fraction of sp³-hybridized carbons (Fsp3) is 0.415. The van der Waals surface area contributed by atoms with E-state index in [1.165, 1.54) is 0 Å². The predicted octanol–water partition coefficient (Wildman–Crippen LogP) is 4.14. The van der Waals surface area contributed by atoms with Gasteiger partial charge in [-0.15, -0.1) is 0 Å². The van der Waals surface area contributed by atoms with Crippen LogP contribution in [0, 0.1) is 13.8 Å². The first-order chi connectivity index (χ1) is 26.3. The Morgan fingerprint density at radius 3 is 1.87 bits per heavy atom. The van der Waals surface area contributed by atoms with Gasteiger partial charge in [0.15, 0.2) is 5.76 Å². The Morgan fingerprint density at radius 2 is 1.31 bits per heavy atom. The molecule has 0 aromatic carbocycles. The lowest BCUT2D eigenvalue weighted by Crippen LogP contribution is -2.43. The summed E-state index contributed by atoms with van der Waals surface area (Å²) in [4.78, 5) is 47.3. The maximum Gasteiger partial charge on any atom is 0.251 e. The van der Waals surface area contributed by atoms with Crippen molar-refractivity contribution in [1.29, 1.82) is 0 Å². The molecule has 54 heavy (non-hydrogen) atoms. The van der Waals surface area contributed by atoms with Crippen LogP contribution in [0.4, 0.5) is 0 Å². The van der Waals surface area contributed by atoms with Gasteiger partial charge in [-0.2, -0.15) is 0 Å². The minimum absolute atomic E-state index is 0.0318. The van der Waals surface area contributed by atoms with Crippen molar-refractivity contribution in [3.05, 3.63) is 117 Å². The van der Waals surface area contributed by atoms with Gasteiger partial charge in [0.25, 0.3) is 11.1 Å². The van der Waals surface area contributed by atoms with Crippen molar-refractivity contribution in [1.82, 2.24) is 44.2 Å². The van der Waals surface area contributed by atoms with Crippen LogP contribution in [0.25, 0.3) is 33.5 Å². The van der Waals surface area contributed by atoms with E-state index in [2.05, 4.69) is 35.1 Å². The zero-order valence-corrected chi connectivity index (χ0v) is 31.2. The van der Waals surface area contributed by atoms with Crippen molar-refractivity contribution < 1.29 is 4.42 Å². The van der Waals surface area contributed by atoms with Gasteiger partial charge in [-0.1, -0.05) is 0 Å². The van der Waals surface area contributed by atoms with Crippen LogP contribution in [0.3, 0.4) is 0 Å². The van der Waals surface area contributed by atoms with E-state index in [0.717, 1.165) is 115 Å². The molecule has 0 unspecified atom stereocenters. The molecule has 0 radical (unpaired) electrons. The molecule has 0 amide bonds. The van der Waals surface area contributed by atoms with Crippen LogP contribution in [0.15, 0.2) is 93.6 Å². The smallest absolute Gasteiger partial charge is 0.251 e. The molecule has 0 atom stereocenters. The number of pyridine rings is 4. The van der Waals surface area contributed by atoms with Gasteiger partial charge in [-0.05, 0) is 113 Å². The number of nitrogens with one attached hydrogen (secondary N) is 1. The fourth-order valence-electron chi connectivity index (χ4n) is 7.30. The van der Waals surface area contributed by atoms with Crippen LogP contribution < -0.4 is 22.2 Å². The lowest BCUT2D eigenvalue weighted by molar-refractivity contribution is 0.191. The molecule has 8 heterocycles. The molecule has 0 spiro atoms. The Balaban J connectivity index is 0.000000184. The maximum atomic E-state index is 12.5. The molecule has 282 valence electrons. The quantitative estimate of drug-likeness (QED) is 0.209. The monoisotopic (exact) mass is 730 g/mol. The number of hydrogen-bond acceptors (Lipinski definition) is 11. The second kappa shape index (κ2) is 17.4. The average molecular weight is 731 g/mol. The van der Waals surface area contributed by atoms with E-state index in [0.29, 0.717) is 31.7 Å². The van der Waals surface area contributed by atoms with Crippen molar-refractivity contribution in [2.24, 2.45) is 5.73 Å². The maximum absolute atomic E-state index is 12.5. The van der Waals surface area contributed by atoms with Crippen molar-refractivity contribution in [2.75, 3.05) is 39.3 Å². The normalized spacial score (nSPS) is 16.1. The average Bonchev–Trinajstić information content (AvgIpc) is 3.74. The first kappa shape index (κ1) is 37.2. The lowest BCUT2D eigenvalue weighted by Gasteiger charge is -2.32. The van der Waals surface area contributed by atoms with Gasteiger partial charge in [0, 0.05) is 75.5 Å². The van der Waals surface area contributed by atoms with Crippen molar-refractivity contribution in [2.45, 2.75) is 71.2 Å². The summed E-state index contributed by atoms with van der Waals surface area (Å²) in [7, 11) is 0. The van der Waals surface area contributed by atoms with Gasteiger partial charge in [0.2, 0.25) is 0 Å². The summed E-state index contributed by atoms with van der Waals surface area (Å²) in [6.07, 6.45) is 13.1. The highest BCUT2D eigenvalue weighted by Gasteiger charge is 2.20. The molecule has 13 heteroatoms. The number of aromatic nitrogens is 6. The molecule has 2 saturated heterocycles. The van der Waals surface area contributed by atoms with Crippen LogP contribution in [0.2, 0.25) is 0 Å². The summed E-state index contributed by atoms with van der Waals surface area (Å²) < 4.78 is 9.11. The fourth-order valence-corrected chi connectivity index (χ4v) is 7.30. The van der Waals surface area contributed by atoms with Crippen molar-refractivity contribution in [3.8, 4) is 11.5 Å². The molecular formula is C41H50N10O3. The molecule has 0 bridgehead atoms.